The Kier molecular flexibility index (Phi) is 4.26. The lowest BCUT2D eigenvalue weighted by Crippen LogP contribution is -2.24. The van der Waals surface area contributed by atoms with Gasteiger partial charge < -0.3 is 5.32 Å². The maximum Gasteiger partial charge on any atom is 0.319 e. The molecule has 86 valence electrons. The van der Waals surface area contributed by atoms with Gasteiger partial charge in [0.25, 0.3) is 0 Å². The minimum absolute atomic E-state index is 0.337. The molecule has 0 aromatic carbocycles. The number of carbonyl (C=O) groups is 1. The molecule has 2 amide bonds. The highest BCUT2D eigenvalue weighted by Gasteiger charge is 2.15. The molecule has 0 bridgehead atoms. The summed E-state index contributed by atoms with van der Waals surface area (Å²) in [4.78, 5) is 11.1. The van der Waals surface area contributed by atoms with Crippen LogP contribution < -0.4 is 10.6 Å². The summed E-state index contributed by atoms with van der Waals surface area (Å²) in [6.45, 7) is 4.12. The number of nitrogens with zero attached hydrogens (tertiary/aromatic N) is 2. The standard InChI is InChI=1S/C10H14N4OS/c1-6(2)4-8-7(5-11)9(16-14-8)13-10(15)12-3/h6H,4H2,1-3H3,(H2,12,13,15). The Morgan fingerprint density at radius 1 is 1.62 bits per heavy atom. The van der Waals surface area contributed by atoms with Crippen molar-refractivity contribution in [2.75, 3.05) is 12.4 Å². The Labute approximate surface area is 98.6 Å². The van der Waals surface area contributed by atoms with E-state index in [2.05, 4.69) is 34.9 Å². The normalized spacial score (nSPS) is 9.94. The zero-order valence-electron chi connectivity index (χ0n) is 9.50. The van der Waals surface area contributed by atoms with Gasteiger partial charge in [0.15, 0.2) is 0 Å². The molecule has 0 aliphatic rings. The summed E-state index contributed by atoms with van der Waals surface area (Å²) in [7, 11) is 1.53. The second kappa shape index (κ2) is 5.47. The molecule has 1 aromatic heterocycles. The van der Waals surface area contributed by atoms with Crippen LogP contribution in [-0.2, 0) is 6.42 Å². The maximum atomic E-state index is 11.1. The van der Waals surface area contributed by atoms with Gasteiger partial charge >= 0.3 is 6.03 Å². The number of urea groups is 1. The van der Waals surface area contributed by atoms with Crippen LogP contribution in [0, 0.1) is 17.2 Å². The lowest BCUT2D eigenvalue weighted by Gasteiger charge is -2.02. The molecule has 1 aromatic rings. The number of amides is 2. The summed E-state index contributed by atoms with van der Waals surface area (Å²) in [5.74, 6) is 0.432. The number of hydrogen-bond donors (Lipinski definition) is 2. The SMILES string of the molecule is CNC(=O)Nc1snc(CC(C)C)c1C#N. The van der Waals surface area contributed by atoms with Crippen molar-refractivity contribution in [2.24, 2.45) is 5.92 Å². The van der Waals surface area contributed by atoms with Gasteiger partial charge in [-0.25, -0.2) is 4.79 Å². The van der Waals surface area contributed by atoms with Crippen LogP contribution in [-0.4, -0.2) is 17.5 Å². The van der Waals surface area contributed by atoms with Crippen molar-refractivity contribution in [2.45, 2.75) is 20.3 Å². The second-order valence-corrected chi connectivity index (χ2v) is 4.52. The molecule has 2 N–H and O–H groups in total. The highest BCUT2D eigenvalue weighted by Crippen LogP contribution is 2.25. The average Bonchev–Trinajstić information content (AvgIpc) is 2.59. The van der Waals surface area contributed by atoms with E-state index < -0.39 is 0 Å². The van der Waals surface area contributed by atoms with Crippen molar-refractivity contribution in [3.05, 3.63) is 11.3 Å². The van der Waals surface area contributed by atoms with Crippen molar-refractivity contribution < 1.29 is 4.79 Å². The lowest BCUT2D eigenvalue weighted by molar-refractivity contribution is 0.254. The van der Waals surface area contributed by atoms with Crippen LogP contribution in [0.5, 0.6) is 0 Å². The van der Waals surface area contributed by atoms with E-state index in [1.54, 1.807) is 0 Å². The zero-order chi connectivity index (χ0) is 12.1. The molecule has 0 spiro atoms. The first kappa shape index (κ1) is 12.5. The number of nitrogens with one attached hydrogen (secondary N) is 2. The van der Waals surface area contributed by atoms with E-state index in [1.165, 1.54) is 7.05 Å². The van der Waals surface area contributed by atoms with Gasteiger partial charge in [0, 0.05) is 7.05 Å². The molecular weight excluding hydrogens is 224 g/mol. The number of hydrogen-bond acceptors (Lipinski definition) is 4. The first-order valence-corrected chi connectivity index (χ1v) is 5.73. The van der Waals surface area contributed by atoms with Gasteiger partial charge in [-0.3, -0.25) is 5.32 Å². The Bertz CT molecular complexity index is 419. The van der Waals surface area contributed by atoms with E-state index in [-0.39, 0.29) is 6.03 Å². The number of aromatic nitrogens is 1. The quantitative estimate of drug-likeness (QED) is 0.845. The molecule has 0 saturated carbocycles. The molecule has 16 heavy (non-hydrogen) atoms. The van der Waals surface area contributed by atoms with Gasteiger partial charge in [-0.1, -0.05) is 13.8 Å². The first-order valence-electron chi connectivity index (χ1n) is 4.95. The van der Waals surface area contributed by atoms with E-state index >= 15 is 0 Å². The van der Waals surface area contributed by atoms with Crippen molar-refractivity contribution in [3.8, 4) is 6.07 Å². The largest absolute Gasteiger partial charge is 0.341 e. The summed E-state index contributed by atoms with van der Waals surface area (Å²) in [6.07, 6.45) is 0.745. The molecule has 0 fully saturated rings. The molecule has 5 nitrogen and oxygen atoms in total. The minimum Gasteiger partial charge on any atom is -0.341 e. The molecule has 1 rings (SSSR count). The van der Waals surface area contributed by atoms with E-state index in [1.807, 2.05) is 0 Å². The number of nitriles is 1. The molecule has 0 unspecified atom stereocenters. The van der Waals surface area contributed by atoms with Gasteiger partial charge in [-0.05, 0) is 23.9 Å². The van der Waals surface area contributed by atoms with Crippen LogP contribution in [0.1, 0.15) is 25.1 Å². The molecular formula is C10H14N4OS. The summed E-state index contributed by atoms with van der Waals surface area (Å²) in [5.41, 5.74) is 1.23. The van der Waals surface area contributed by atoms with Crippen molar-refractivity contribution in [1.29, 1.82) is 5.26 Å². The first-order chi connectivity index (χ1) is 7.58. The van der Waals surface area contributed by atoms with Gasteiger partial charge in [0.05, 0.1) is 5.69 Å². The van der Waals surface area contributed by atoms with Crippen LogP contribution in [0.15, 0.2) is 0 Å². The van der Waals surface area contributed by atoms with Gasteiger partial charge in [-0.2, -0.15) is 9.64 Å². The van der Waals surface area contributed by atoms with E-state index in [9.17, 15) is 4.79 Å². The van der Waals surface area contributed by atoms with E-state index in [0.717, 1.165) is 23.6 Å². The molecule has 0 aliphatic heterocycles. The van der Waals surface area contributed by atoms with Crippen LogP contribution in [0.2, 0.25) is 0 Å². The number of carbonyl (C=O) groups excluding carboxylic acids is 1. The molecule has 0 saturated heterocycles. The van der Waals surface area contributed by atoms with Crippen LogP contribution >= 0.6 is 11.5 Å². The van der Waals surface area contributed by atoms with E-state index in [0.29, 0.717) is 16.5 Å². The average molecular weight is 238 g/mol. The van der Waals surface area contributed by atoms with Crippen LogP contribution in [0.4, 0.5) is 9.80 Å². The van der Waals surface area contributed by atoms with Crippen molar-refractivity contribution in [3.63, 3.8) is 0 Å². The summed E-state index contributed by atoms with van der Waals surface area (Å²) in [6, 6.07) is 1.75. The highest BCUT2D eigenvalue weighted by atomic mass is 32.1. The van der Waals surface area contributed by atoms with Crippen LogP contribution in [0.25, 0.3) is 0 Å². The van der Waals surface area contributed by atoms with Gasteiger partial charge in [0.1, 0.15) is 16.6 Å². The predicted molar refractivity (Wildman–Crippen MR) is 63.4 cm³/mol. The molecule has 0 atom stereocenters. The highest BCUT2D eigenvalue weighted by molar-refractivity contribution is 7.10. The third-order valence-corrected chi connectivity index (χ3v) is 2.73. The second-order valence-electron chi connectivity index (χ2n) is 3.75. The molecule has 0 aliphatic carbocycles. The summed E-state index contributed by atoms with van der Waals surface area (Å²) < 4.78 is 4.19. The Hall–Kier alpha value is -1.61. The fourth-order valence-corrected chi connectivity index (χ4v) is 1.98. The van der Waals surface area contributed by atoms with Crippen molar-refractivity contribution in [1.82, 2.24) is 9.69 Å². The molecule has 6 heteroatoms. The Balaban J connectivity index is 2.91. The minimum atomic E-state index is -0.337. The van der Waals surface area contributed by atoms with Crippen molar-refractivity contribution >= 4 is 22.6 Å². The number of anilines is 1. The smallest absolute Gasteiger partial charge is 0.319 e. The monoisotopic (exact) mass is 238 g/mol. The summed E-state index contributed by atoms with van der Waals surface area (Å²) >= 11 is 1.14. The maximum absolute atomic E-state index is 11.1. The molecule has 1 heterocycles. The van der Waals surface area contributed by atoms with E-state index in [4.69, 9.17) is 5.26 Å². The zero-order valence-corrected chi connectivity index (χ0v) is 10.3. The van der Waals surface area contributed by atoms with Crippen LogP contribution in [0.3, 0.4) is 0 Å². The topological polar surface area (TPSA) is 77.8 Å². The third kappa shape index (κ3) is 2.94. The third-order valence-electron chi connectivity index (χ3n) is 1.93. The lowest BCUT2D eigenvalue weighted by atomic mass is 10.1. The Morgan fingerprint density at radius 2 is 2.31 bits per heavy atom. The Morgan fingerprint density at radius 3 is 2.81 bits per heavy atom. The summed E-state index contributed by atoms with van der Waals surface area (Å²) in [5, 5.41) is 14.6. The predicted octanol–water partition coefficient (Wildman–Crippen LogP) is 1.96. The van der Waals surface area contributed by atoms with Gasteiger partial charge in [-0.15, -0.1) is 0 Å². The fourth-order valence-electron chi connectivity index (χ4n) is 1.22. The molecule has 0 radical (unpaired) electrons. The van der Waals surface area contributed by atoms with Gasteiger partial charge in [0.2, 0.25) is 0 Å². The fraction of sp³-hybridized carbons (Fsp3) is 0.500. The number of rotatable bonds is 3.